The Morgan fingerprint density at radius 1 is 1.14 bits per heavy atom. The van der Waals surface area contributed by atoms with Gasteiger partial charge in [0, 0.05) is 6.20 Å². The lowest BCUT2D eigenvalue weighted by atomic mass is 9.96. The monoisotopic (exact) mass is 301 g/mol. The molecule has 1 aromatic carbocycles. The van der Waals surface area contributed by atoms with Gasteiger partial charge in [-0.05, 0) is 42.2 Å². The van der Waals surface area contributed by atoms with Crippen LogP contribution in [0.3, 0.4) is 0 Å². The maximum absolute atomic E-state index is 12.0. The lowest BCUT2D eigenvalue weighted by Gasteiger charge is -2.19. The number of primary sulfonamides is 1. The number of anilines is 2. The third-order valence-corrected chi connectivity index (χ3v) is 4.44. The van der Waals surface area contributed by atoms with Gasteiger partial charge in [0.05, 0.1) is 17.6 Å². The molecule has 1 aliphatic rings. The van der Waals surface area contributed by atoms with Crippen molar-refractivity contribution in [3.05, 3.63) is 59.9 Å². The van der Waals surface area contributed by atoms with Gasteiger partial charge in [0.25, 0.3) is 0 Å². The Morgan fingerprint density at radius 3 is 2.67 bits per heavy atom. The molecule has 5 nitrogen and oxygen atoms in total. The Balaban J connectivity index is 2.13. The van der Waals surface area contributed by atoms with Crippen LogP contribution in [0.4, 0.5) is 11.4 Å². The third kappa shape index (κ3) is 2.81. The Labute approximate surface area is 123 Å². The molecular formula is C15H15N3O2S. The number of aromatic nitrogens is 1. The number of pyridine rings is 1. The second kappa shape index (κ2) is 5.31. The summed E-state index contributed by atoms with van der Waals surface area (Å²) in [5.41, 5.74) is 2.97. The van der Waals surface area contributed by atoms with E-state index in [1.54, 1.807) is 24.5 Å². The zero-order valence-corrected chi connectivity index (χ0v) is 12.1. The number of rotatable bonds is 3. The van der Waals surface area contributed by atoms with Crippen LogP contribution in [-0.4, -0.2) is 13.4 Å². The predicted octanol–water partition coefficient (Wildman–Crippen LogP) is 2.13. The Morgan fingerprint density at radius 2 is 1.95 bits per heavy atom. The van der Waals surface area contributed by atoms with E-state index in [1.165, 1.54) is 0 Å². The summed E-state index contributed by atoms with van der Waals surface area (Å²) >= 11 is 0. The Kier molecular flexibility index (Phi) is 3.48. The minimum Gasteiger partial charge on any atom is -0.353 e. The zero-order chi connectivity index (χ0) is 14.9. The molecule has 0 saturated heterocycles. The van der Waals surface area contributed by atoms with Gasteiger partial charge in [-0.15, -0.1) is 0 Å². The van der Waals surface area contributed by atoms with E-state index in [9.17, 15) is 8.42 Å². The SMILES string of the molecule is NS(=O)(=O)c1c(Nc2cccnc2)ccc2c1CC=CC2. The number of nitrogens with two attached hydrogens (primary N) is 1. The molecule has 3 N–H and O–H groups in total. The van der Waals surface area contributed by atoms with Gasteiger partial charge in [-0.3, -0.25) is 4.98 Å². The summed E-state index contributed by atoms with van der Waals surface area (Å²) in [6.45, 7) is 0. The summed E-state index contributed by atoms with van der Waals surface area (Å²) in [5, 5.41) is 8.51. The fourth-order valence-corrected chi connectivity index (χ4v) is 3.49. The first-order chi connectivity index (χ1) is 10.1. The molecule has 1 aliphatic carbocycles. The van der Waals surface area contributed by atoms with Crippen LogP contribution in [0.2, 0.25) is 0 Å². The standard InChI is InChI=1S/C15H15N3O2S/c16-21(19,20)15-13-6-2-1-4-11(13)7-8-14(15)18-12-5-3-9-17-10-12/h1-3,5,7-10,18H,4,6H2,(H2,16,19,20). The van der Waals surface area contributed by atoms with Crippen molar-refractivity contribution >= 4 is 21.4 Å². The molecule has 6 heteroatoms. The van der Waals surface area contributed by atoms with E-state index in [4.69, 9.17) is 5.14 Å². The van der Waals surface area contributed by atoms with Gasteiger partial charge in [0.1, 0.15) is 4.90 Å². The number of fused-ring (bicyclic) bond motifs is 1. The number of hydrogen-bond donors (Lipinski definition) is 2. The molecule has 0 bridgehead atoms. The lowest BCUT2D eigenvalue weighted by Crippen LogP contribution is -2.18. The van der Waals surface area contributed by atoms with Crippen molar-refractivity contribution in [1.29, 1.82) is 0 Å². The molecule has 0 radical (unpaired) electrons. The van der Waals surface area contributed by atoms with Crippen LogP contribution < -0.4 is 10.5 Å². The molecule has 108 valence electrons. The summed E-state index contributed by atoms with van der Waals surface area (Å²) < 4.78 is 24.0. The number of hydrogen-bond acceptors (Lipinski definition) is 4. The fourth-order valence-electron chi connectivity index (χ4n) is 2.51. The average Bonchev–Trinajstić information content (AvgIpc) is 2.47. The van der Waals surface area contributed by atoms with Gasteiger partial charge in [-0.1, -0.05) is 18.2 Å². The van der Waals surface area contributed by atoms with Crippen molar-refractivity contribution < 1.29 is 8.42 Å². The molecule has 3 rings (SSSR count). The lowest BCUT2D eigenvalue weighted by molar-refractivity contribution is 0.597. The molecule has 0 spiro atoms. The summed E-state index contributed by atoms with van der Waals surface area (Å²) in [7, 11) is -3.81. The van der Waals surface area contributed by atoms with Crippen LogP contribution in [0.1, 0.15) is 11.1 Å². The van der Waals surface area contributed by atoms with Crippen molar-refractivity contribution in [2.75, 3.05) is 5.32 Å². The highest BCUT2D eigenvalue weighted by molar-refractivity contribution is 7.89. The second-order valence-corrected chi connectivity index (χ2v) is 6.37. The maximum atomic E-state index is 12.0. The third-order valence-electron chi connectivity index (χ3n) is 3.41. The molecule has 0 unspecified atom stereocenters. The highest BCUT2D eigenvalue weighted by Crippen LogP contribution is 2.32. The van der Waals surface area contributed by atoms with E-state index in [-0.39, 0.29) is 4.90 Å². The van der Waals surface area contributed by atoms with Gasteiger partial charge in [0.15, 0.2) is 0 Å². The number of allylic oxidation sites excluding steroid dienone is 2. The van der Waals surface area contributed by atoms with E-state index >= 15 is 0 Å². The topological polar surface area (TPSA) is 85.1 Å². The molecule has 1 aromatic heterocycles. The second-order valence-electron chi connectivity index (χ2n) is 4.87. The maximum Gasteiger partial charge on any atom is 0.240 e. The average molecular weight is 301 g/mol. The Bertz CT molecular complexity index is 799. The van der Waals surface area contributed by atoms with Crippen molar-refractivity contribution in [3.8, 4) is 0 Å². The Hall–Kier alpha value is -2.18. The molecule has 21 heavy (non-hydrogen) atoms. The quantitative estimate of drug-likeness (QED) is 0.850. The van der Waals surface area contributed by atoms with Crippen molar-refractivity contribution in [3.63, 3.8) is 0 Å². The highest BCUT2D eigenvalue weighted by Gasteiger charge is 2.22. The highest BCUT2D eigenvalue weighted by atomic mass is 32.2. The largest absolute Gasteiger partial charge is 0.353 e. The first-order valence-corrected chi connectivity index (χ1v) is 8.10. The van der Waals surface area contributed by atoms with E-state index in [2.05, 4.69) is 10.3 Å². The van der Waals surface area contributed by atoms with Gasteiger partial charge in [-0.25, -0.2) is 13.6 Å². The van der Waals surface area contributed by atoms with Gasteiger partial charge < -0.3 is 5.32 Å². The molecule has 0 atom stereocenters. The van der Waals surface area contributed by atoms with Gasteiger partial charge in [0.2, 0.25) is 10.0 Å². The molecule has 0 saturated carbocycles. The van der Waals surface area contributed by atoms with Crippen LogP contribution in [-0.2, 0) is 22.9 Å². The molecule has 1 heterocycles. The molecular weight excluding hydrogens is 286 g/mol. The zero-order valence-electron chi connectivity index (χ0n) is 11.3. The van der Waals surface area contributed by atoms with Crippen LogP contribution in [0.5, 0.6) is 0 Å². The first kappa shape index (κ1) is 13.8. The summed E-state index contributed by atoms with van der Waals surface area (Å²) in [4.78, 5) is 4.18. The summed E-state index contributed by atoms with van der Waals surface area (Å²) in [6.07, 6.45) is 8.58. The predicted molar refractivity (Wildman–Crippen MR) is 81.9 cm³/mol. The number of sulfonamides is 1. The number of nitrogens with zero attached hydrogens (tertiary/aromatic N) is 1. The molecule has 0 aliphatic heterocycles. The van der Waals surface area contributed by atoms with E-state index in [0.29, 0.717) is 17.8 Å². The smallest absolute Gasteiger partial charge is 0.240 e. The van der Waals surface area contributed by atoms with Gasteiger partial charge in [-0.2, -0.15) is 0 Å². The van der Waals surface area contributed by atoms with E-state index < -0.39 is 10.0 Å². The minimum absolute atomic E-state index is 0.174. The normalized spacial score (nSPS) is 13.8. The fraction of sp³-hybridized carbons (Fsp3) is 0.133. The number of nitrogens with one attached hydrogen (secondary N) is 1. The molecule has 2 aromatic rings. The van der Waals surface area contributed by atoms with Crippen molar-refractivity contribution in [1.82, 2.24) is 4.98 Å². The van der Waals surface area contributed by atoms with E-state index in [1.807, 2.05) is 24.3 Å². The first-order valence-electron chi connectivity index (χ1n) is 6.55. The van der Waals surface area contributed by atoms with Crippen LogP contribution in [0, 0.1) is 0 Å². The van der Waals surface area contributed by atoms with Crippen LogP contribution >= 0.6 is 0 Å². The minimum atomic E-state index is -3.81. The van der Waals surface area contributed by atoms with E-state index in [0.717, 1.165) is 17.5 Å². The number of benzene rings is 1. The molecule has 0 fully saturated rings. The van der Waals surface area contributed by atoms with Crippen molar-refractivity contribution in [2.45, 2.75) is 17.7 Å². The van der Waals surface area contributed by atoms with Crippen molar-refractivity contribution in [2.24, 2.45) is 5.14 Å². The molecule has 0 amide bonds. The van der Waals surface area contributed by atoms with Crippen LogP contribution in [0.15, 0.2) is 53.7 Å². The van der Waals surface area contributed by atoms with Gasteiger partial charge >= 0.3 is 0 Å². The van der Waals surface area contributed by atoms with Crippen LogP contribution in [0.25, 0.3) is 0 Å². The summed E-state index contributed by atoms with van der Waals surface area (Å²) in [5.74, 6) is 0. The summed E-state index contributed by atoms with van der Waals surface area (Å²) in [6, 6.07) is 7.29.